The lowest BCUT2D eigenvalue weighted by atomic mass is 9.80. The van der Waals surface area contributed by atoms with E-state index in [0.29, 0.717) is 43.9 Å². The minimum absolute atomic E-state index is 0. The van der Waals surface area contributed by atoms with Crippen LogP contribution in [0.15, 0.2) is 24.3 Å². The van der Waals surface area contributed by atoms with Gasteiger partial charge in [0.1, 0.15) is 5.75 Å². The molecule has 7 heteroatoms. The molecule has 1 aliphatic rings. The summed E-state index contributed by atoms with van der Waals surface area (Å²) in [6.45, 7) is 5.60. The predicted molar refractivity (Wildman–Crippen MR) is 110 cm³/mol. The van der Waals surface area contributed by atoms with Crippen LogP contribution in [-0.4, -0.2) is 43.5 Å². The predicted octanol–water partition coefficient (Wildman–Crippen LogP) is 3.06. The van der Waals surface area contributed by atoms with Gasteiger partial charge in [0, 0.05) is 25.6 Å². The van der Waals surface area contributed by atoms with Gasteiger partial charge in [-0.1, -0.05) is 26.0 Å². The van der Waals surface area contributed by atoms with Crippen LogP contribution >= 0.6 is 12.4 Å². The first kappa shape index (κ1) is 23.2. The van der Waals surface area contributed by atoms with Gasteiger partial charge >= 0.3 is 0 Å². The number of piperidine rings is 1. The topological polar surface area (TPSA) is 84.7 Å². The van der Waals surface area contributed by atoms with Gasteiger partial charge in [-0.2, -0.15) is 0 Å². The van der Waals surface area contributed by atoms with Crippen molar-refractivity contribution in [1.29, 1.82) is 0 Å². The second-order valence-corrected chi connectivity index (χ2v) is 6.95. The van der Waals surface area contributed by atoms with E-state index in [-0.39, 0.29) is 30.1 Å². The van der Waals surface area contributed by atoms with Crippen molar-refractivity contribution >= 4 is 29.9 Å². The molecule has 0 spiro atoms. The number of halogens is 1. The maximum atomic E-state index is 12.9. The van der Waals surface area contributed by atoms with Crippen molar-refractivity contribution in [1.82, 2.24) is 4.90 Å². The van der Waals surface area contributed by atoms with Crippen molar-refractivity contribution in [3.05, 3.63) is 24.3 Å². The Labute approximate surface area is 168 Å². The first-order valence-corrected chi connectivity index (χ1v) is 9.44. The number of methoxy groups -OCH3 is 1. The first-order valence-electron chi connectivity index (χ1n) is 9.44. The molecule has 0 saturated carbocycles. The van der Waals surface area contributed by atoms with E-state index in [2.05, 4.69) is 5.32 Å². The van der Waals surface area contributed by atoms with Crippen molar-refractivity contribution in [2.24, 2.45) is 17.1 Å². The summed E-state index contributed by atoms with van der Waals surface area (Å²) < 4.78 is 5.28. The number of carbonyl (C=O) groups is 2. The molecule has 1 fully saturated rings. The molecule has 3 N–H and O–H groups in total. The molecule has 0 bridgehead atoms. The van der Waals surface area contributed by atoms with Gasteiger partial charge in [0.05, 0.1) is 18.2 Å². The summed E-state index contributed by atoms with van der Waals surface area (Å²) in [6.07, 6.45) is 2.82. The molecule has 6 nitrogen and oxygen atoms in total. The highest BCUT2D eigenvalue weighted by Crippen LogP contribution is 2.31. The molecule has 1 aromatic rings. The van der Waals surface area contributed by atoms with Crippen LogP contribution in [0.4, 0.5) is 5.69 Å². The van der Waals surface area contributed by atoms with Crippen molar-refractivity contribution in [2.45, 2.75) is 39.5 Å². The van der Waals surface area contributed by atoms with Crippen molar-refractivity contribution in [2.75, 3.05) is 32.1 Å². The van der Waals surface area contributed by atoms with Gasteiger partial charge < -0.3 is 20.7 Å². The van der Waals surface area contributed by atoms with Gasteiger partial charge in [-0.15, -0.1) is 12.4 Å². The van der Waals surface area contributed by atoms with Crippen LogP contribution in [0.2, 0.25) is 0 Å². The summed E-state index contributed by atoms with van der Waals surface area (Å²) in [7, 11) is 1.58. The molecule has 27 heavy (non-hydrogen) atoms. The number of nitrogens with zero attached hydrogens (tertiary/aromatic N) is 1. The molecule has 2 amide bonds. The number of hydrogen-bond donors (Lipinski definition) is 2. The number of nitrogens with two attached hydrogens (primary N) is 1. The quantitative estimate of drug-likeness (QED) is 0.740. The molecule has 152 valence electrons. The number of ether oxygens (including phenoxy) is 1. The SMILES string of the molecule is CCC(CC)(CN)C(=O)N1CCC(C(=O)Nc2ccccc2OC)CC1.Cl. The zero-order valence-electron chi connectivity index (χ0n) is 16.5. The number of para-hydroxylation sites is 2. The lowest BCUT2D eigenvalue weighted by Crippen LogP contribution is -2.50. The molecular weight excluding hydrogens is 366 g/mol. The van der Waals surface area contributed by atoms with Crippen molar-refractivity contribution in [3.8, 4) is 5.75 Å². The van der Waals surface area contributed by atoms with Gasteiger partial charge in [-0.05, 0) is 37.8 Å². The van der Waals surface area contributed by atoms with Gasteiger partial charge in [-0.25, -0.2) is 0 Å². The molecule has 1 aliphatic heterocycles. The second kappa shape index (κ2) is 10.5. The van der Waals surface area contributed by atoms with Crippen LogP contribution in [0.3, 0.4) is 0 Å². The van der Waals surface area contributed by atoms with E-state index in [4.69, 9.17) is 10.5 Å². The number of benzene rings is 1. The van der Waals surface area contributed by atoms with Crippen LogP contribution in [0.1, 0.15) is 39.5 Å². The fourth-order valence-corrected chi connectivity index (χ4v) is 3.59. The van der Waals surface area contributed by atoms with E-state index in [0.717, 1.165) is 12.8 Å². The fraction of sp³-hybridized carbons (Fsp3) is 0.600. The van der Waals surface area contributed by atoms with E-state index in [1.807, 2.05) is 43.0 Å². The number of carbonyl (C=O) groups excluding carboxylic acids is 2. The molecule has 1 saturated heterocycles. The lowest BCUT2D eigenvalue weighted by molar-refractivity contribution is -0.144. The standard InChI is InChI=1S/C20H31N3O3.ClH/c1-4-20(5-2,14-21)19(25)23-12-10-15(11-13-23)18(24)22-16-8-6-7-9-17(16)26-3;/h6-9,15H,4-5,10-14,21H2,1-3H3,(H,22,24);1H. The Bertz CT molecular complexity index is 618. The third-order valence-corrected chi connectivity index (χ3v) is 5.72. The molecule has 0 atom stereocenters. The van der Waals surface area contributed by atoms with E-state index >= 15 is 0 Å². The molecule has 1 heterocycles. The van der Waals surface area contributed by atoms with Gasteiger partial charge in [0.25, 0.3) is 0 Å². The van der Waals surface area contributed by atoms with Gasteiger partial charge in [-0.3, -0.25) is 9.59 Å². The maximum Gasteiger partial charge on any atom is 0.230 e. The van der Waals surface area contributed by atoms with E-state index in [9.17, 15) is 9.59 Å². The number of rotatable bonds is 7. The first-order chi connectivity index (χ1) is 12.5. The highest BCUT2D eigenvalue weighted by molar-refractivity contribution is 5.94. The van der Waals surface area contributed by atoms with Crippen LogP contribution < -0.4 is 15.8 Å². The van der Waals surface area contributed by atoms with Gasteiger partial charge in [0.2, 0.25) is 11.8 Å². The summed E-state index contributed by atoms with van der Waals surface area (Å²) in [5.74, 6) is 0.665. The largest absolute Gasteiger partial charge is 0.495 e. The molecule has 0 aromatic heterocycles. The average molecular weight is 398 g/mol. The number of amides is 2. The fourth-order valence-electron chi connectivity index (χ4n) is 3.59. The second-order valence-electron chi connectivity index (χ2n) is 6.95. The summed E-state index contributed by atoms with van der Waals surface area (Å²) in [6, 6.07) is 7.37. The van der Waals surface area contributed by atoms with E-state index in [1.165, 1.54) is 0 Å². The zero-order chi connectivity index (χ0) is 19.2. The third kappa shape index (κ3) is 5.14. The Morgan fingerprint density at radius 2 is 1.81 bits per heavy atom. The van der Waals surface area contributed by atoms with E-state index in [1.54, 1.807) is 7.11 Å². The highest BCUT2D eigenvalue weighted by Gasteiger charge is 2.38. The number of likely N-dealkylation sites (tertiary alicyclic amines) is 1. The Kier molecular flexibility index (Phi) is 9.06. The van der Waals surface area contributed by atoms with Crippen LogP contribution in [-0.2, 0) is 9.59 Å². The monoisotopic (exact) mass is 397 g/mol. The molecular formula is C20H32ClN3O3. The molecule has 2 rings (SSSR count). The Hall–Kier alpha value is -1.79. The summed E-state index contributed by atoms with van der Waals surface area (Å²) >= 11 is 0. The Balaban J connectivity index is 0.00000364. The number of nitrogens with one attached hydrogen (secondary N) is 1. The van der Waals surface area contributed by atoms with Gasteiger partial charge in [0.15, 0.2) is 0 Å². The Morgan fingerprint density at radius 3 is 2.33 bits per heavy atom. The van der Waals surface area contributed by atoms with Crippen molar-refractivity contribution < 1.29 is 14.3 Å². The minimum atomic E-state index is -0.466. The third-order valence-electron chi connectivity index (χ3n) is 5.72. The lowest BCUT2D eigenvalue weighted by Gasteiger charge is -2.38. The van der Waals surface area contributed by atoms with E-state index < -0.39 is 5.41 Å². The summed E-state index contributed by atoms with van der Waals surface area (Å²) in [5, 5.41) is 2.95. The molecule has 1 aromatic carbocycles. The smallest absolute Gasteiger partial charge is 0.230 e. The zero-order valence-corrected chi connectivity index (χ0v) is 17.3. The number of anilines is 1. The Morgan fingerprint density at radius 1 is 1.22 bits per heavy atom. The minimum Gasteiger partial charge on any atom is -0.495 e. The van der Waals surface area contributed by atoms with Crippen LogP contribution in [0, 0.1) is 11.3 Å². The molecule has 0 radical (unpaired) electrons. The van der Waals surface area contributed by atoms with Crippen molar-refractivity contribution in [3.63, 3.8) is 0 Å². The summed E-state index contributed by atoms with van der Waals surface area (Å²) in [5.41, 5.74) is 6.11. The normalized spacial score (nSPS) is 15.0. The number of hydrogen-bond acceptors (Lipinski definition) is 4. The molecule has 0 aliphatic carbocycles. The molecule has 0 unspecified atom stereocenters. The highest BCUT2D eigenvalue weighted by atomic mass is 35.5. The summed E-state index contributed by atoms with van der Waals surface area (Å²) in [4.78, 5) is 27.4. The van der Waals surface area contributed by atoms with Crippen LogP contribution in [0.25, 0.3) is 0 Å². The van der Waals surface area contributed by atoms with Crippen LogP contribution in [0.5, 0.6) is 5.75 Å². The maximum absolute atomic E-state index is 12.9. The average Bonchev–Trinajstić information content (AvgIpc) is 2.70.